The van der Waals surface area contributed by atoms with Crippen LogP contribution in [0.2, 0.25) is 0 Å². The van der Waals surface area contributed by atoms with Crippen molar-refractivity contribution in [2.24, 2.45) is 5.73 Å². The topological polar surface area (TPSA) is 134 Å². The summed E-state index contributed by atoms with van der Waals surface area (Å²) >= 11 is 0. The van der Waals surface area contributed by atoms with E-state index in [1.807, 2.05) is 0 Å². The maximum absolute atomic E-state index is 12.6. The third-order valence-electron chi connectivity index (χ3n) is 10.9. The molecule has 0 aliphatic rings. The van der Waals surface area contributed by atoms with Gasteiger partial charge in [-0.05, 0) is 38.5 Å². The molecule has 9 nitrogen and oxygen atoms in total. The van der Waals surface area contributed by atoms with E-state index < -0.39 is 26.5 Å². The van der Waals surface area contributed by atoms with Gasteiger partial charge in [-0.15, -0.1) is 0 Å². The minimum Gasteiger partial charge on any atom is -0.462 e. The Morgan fingerprint density at radius 2 is 0.845 bits per heavy atom. The summed E-state index contributed by atoms with van der Waals surface area (Å²) in [6.45, 7) is 3.77. The van der Waals surface area contributed by atoms with Gasteiger partial charge in [-0.25, -0.2) is 4.57 Å². The molecular formula is C48H94NO8P. The lowest BCUT2D eigenvalue weighted by Crippen LogP contribution is -2.29. The second-order valence-corrected chi connectivity index (χ2v) is 18.1. The first-order valence-corrected chi connectivity index (χ1v) is 26.2. The van der Waals surface area contributed by atoms with Gasteiger partial charge in [0.25, 0.3) is 0 Å². The van der Waals surface area contributed by atoms with Crippen LogP contribution in [-0.2, 0) is 32.7 Å². The van der Waals surface area contributed by atoms with Crippen LogP contribution < -0.4 is 5.73 Å². The fraction of sp³-hybridized carbons (Fsp3) is 0.917. The second kappa shape index (κ2) is 45.3. The largest absolute Gasteiger partial charge is 0.472 e. The Morgan fingerprint density at radius 3 is 1.22 bits per heavy atom. The van der Waals surface area contributed by atoms with Crippen LogP contribution in [0.3, 0.4) is 0 Å². The number of phosphoric acid groups is 1. The summed E-state index contributed by atoms with van der Waals surface area (Å²) in [6.07, 6.45) is 48.2. The van der Waals surface area contributed by atoms with E-state index in [9.17, 15) is 19.0 Å². The van der Waals surface area contributed by atoms with Gasteiger partial charge in [0.1, 0.15) is 6.61 Å². The van der Waals surface area contributed by atoms with E-state index in [0.717, 1.165) is 44.9 Å². The van der Waals surface area contributed by atoms with Crippen molar-refractivity contribution in [3.05, 3.63) is 12.2 Å². The molecule has 0 aromatic carbocycles. The molecule has 0 bridgehead atoms. The highest BCUT2D eigenvalue weighted by Crippen LogP contribution is 2.43. The molecule has 0 aliphatic carbocycles. The number of nitrogens with two attached hydrogens (primary N) is 1. The van der Waals surface area contributed by atoms with E-state index in [4.69, 9.17) is 24.3 Å². The standard InChI is InChI=1S/C48H94NO8P/c1-3-5-7-9-11-13-15-17-19-21-22-23-25-26-28-30-32-34-36-38-40-47(50)54-44-46(45-56-58(52,53)55-43-42-49)57-48(51)41-39-37-35-33-31-29-27-24-20-18-16-14-12-10-8-6-4-2/h18,20,46H,3-17,19,21-45,49H2,1-2H3,(H,52,53)/b20-18+/t46-/m1/s1. The molecule has 0 rings (SSSR count). The lowest BCUT2D eigenvalue weighted by atomic mass is 10.0. The molecule has 0 spiro atoms. The van der Waals surface area contributed by atoms with Gasteiger partial charge in [0.15, 0.2) is 6.10 Å². The maximum Gasteiger partial charge on any atom is 0.472 e. The summed E-state index contributed by atoms with van der Waals surface area (Å²) in [7, 11) is -4.38. The number of phosphoric ester groups is 1. The second-order valence-electron chi connectivity index (χ2n) is 16.7. The number of esters is 2. The van der Waals surface area contributed by atoms with E-state index in [-0.39, 0.29) is 38.6 Å². The van der Waals surface area contributed by atoms with Crippen LogP contribution in [0.25, 0.3) is 0 Å². The lowest BCUT2D eigenvalue weighted by Gasteiger charge is -2.19. The average Bonchev–Trinajstić information content (AvgIpc) is 3.21. The molecule has 0 amide bonds. The van der Waals surface area contributed by atoms with Crippen LogP contribution in [0.4, 0.5) is 0 Å². The predicted octanol–water partition coefficient (Wildman–Crippen LogP) is 14.6. The van der Waals surface area contributed by atoms with E-state index in [1.54, 1.807) is 0 Å². The van der Waals surface area contributed by atoms with Gasteiger partial charge in [0, 0.05) is 19.4 Å². The highest BCUT2D eigenvalue weighted by atomic mass is 31.2. The van der Waals surface area contributed by atoms with Crippen molar-refractivity contribution in [2.45, 2.75) is 258 Å². The Bertz CT molecular complexity index is 964. The number of ether oxygens (including phenoxy) is 2. The monoisotopic (exact) mass is 844 g/mol. The van der Waals surface area contributed by atoms with Crippen LogP contribution in [0.15, 0.2) is 12.2 Å². The number of unbranched alkanes of at least 4 members (excludes halogenated alkanes) is 32. The number of hydrogen-bond acceptors (Lipinski definition) is 8. The van der Waals surface area contributed by atoms with Crippen molar-refractivity contribution < 1.29 is 37.6 Å². The van der Waals surface area contributed by atoms with Gasteiger partial charge >= 0.3 is 19.8 Å². The van der Waals surface area contributed by atoms with Crippen molar-refractivity contribution in [3.8, 4) is 0 Å². The molecule has 0 radical (unpaired) electrons. The van der Waals surface area contributed by atoms with Gasteiger partial charge in [0.05, 0.1) is 13.2 Å². The lowest BCUT2D eigenvalue weighted by molar-refractivity contribution is -0.161. The minimum atomic E-state index is -4.38. The van der Waals surface area contributed by atoms with Gasteiger partial charge in [-0.3, -0.25) is 18.6 Å². The molecule has 10 heteroatoms. The van der Waals surface area contributed by atoms with Crippen LogP contribution in [0, 0.1) is 0 Å². The normalized spacial score (nSPS) is 13.2. The Hall–Kier alpha value is -1.25. The minimum absolute atomic E-state index is 0.0557. The molecule has 0 saturated carbocycles. The smallest absolute Gasteiger partial charge is 0.462 e. The van der Waals surface area contributed by atoms with Crippen molar-refractivity contribution in [1.29, 1.82) is 0 Å². The Morgan fingerprint density at radius 1 is 0.500 bits per heavy atom. The number of allylic oxidation sites excluding steroid dienone is 2. The van der Waals surface area contributed by atoms with Gasteiger partial charge in [0.2, 0.25) is 0 Å². The quantitative estimate of drug-likeness (QED) is 0.0266. The van der Waals surface area contributed by atoms with Gasteiger partial charge < -0.3 is 20.1 Å². The van der Waals surface area contributed by atoms with Crippen LogP contribution in [-0.4, -0.2) is 49.3 Å². The van der Waals surface area contributed by atoms with E-state index >= 15 is 0 Å². The third-order valence-corrected chi connectivity index (χ3v) is 11.9. The Balaban J connectivity index is 4.03. The summed E-state index contributed by atoms with van der Waals surface area (Å²) in [5.41, 5.74) is 5.36. The van der Waals surface area contributed by atoms with Crippen molar-refractivity contribution in [3.63, 3.8) is 0 Å². The zero-order chi connectivity index (χ0) is 42.5. The van der Waals surface area contributed by atoms with E-state index in [2.05, 4.69) is 26.0 Å². The summed E-state index contributed by atoms with van der Waals surface area (Å²) < 4.78 is 32.9. The van der Waals surface area contributed by atoms with Gasteiger partial charge in [-0.1, -0.05) is 212 Å². The summed E-state index contributed by atoms with van der Waals surface area (Å²) in [6, 6.07) is 0. The number of carbonyl (C=O) groups is 2. The highest BCUT2D eigenvalue weighted by Gasteiger charge is 2.26. The average molecular weight is 844 g/mol. The van der Waals surface area contributed by atoms with Crippen molar-refractivity contribution in [2.75, 3.05) is 26.4 Å². The summed E-state index contributed by atoms with van der Waals surface area (Å²) in [5, 5.41) is 0. The number of hydrogen-bond donors (Lipinski definition) is 2. The molecule has 0 aromatic rings. The fourth-order valence-corrected chi connectivity index (χ4v) is 7.99. The molecular weight excluding hydrogens is 750 g/mol. The van der Waals surface area contributed by atoms with Crippen LogP contribution in [0.1, 0.15) is 251 Å². The first kappa shape index (κ1) is 56.8. The molecule has 1 unspecified atom stereocenters. The molecule has 3 N–H and O–H groups in total. The molecule has 0 aliphatic heterocycles. The highest BCUT2D eigenvalue weighted by molar-refractivity contribution is 7.47. The first-order valence-electron chi connectivity index (χ1n) is 24.7. The summed E-state index contributed by atoms with van der Waals surface area (Å²) in [4.78, 5) is 35.0. The molecule has 58 heavy (non-hydrogen) atoms. The number of rotatable bonds is 47. The molecule has 0 fully saturated rings. The molecule has 0 saturated heterocycles. The molecule has 344 valence electrons. The third kappa shape index (κ3) is 44.3. The zero-order valence-electron chi connectivity index (χ0n) is 38.1. The van der Waals surface area contributed by atoms with Gasteiger partial charge in [-0.2, -0.15) is 0 Å². The van der Waals surface area contributed by atoms with Crippen molar-refractivity contribution in [1.82, 2.24) is 0 Å². The summed E-state index contributed by atoms with van der Waals surface area (Å²) in [5.74, 6) is -0.818. The predicted molar refractivity (Wildman–Crippen MR) is 243 cm³/mol. The Kier molecular flexibility index (Phi) is 44.3. The molecule has 2 atom stereocenters. The fourth-order valence-electron chi connectivity index (χ4n) is 7.22. The number of carbonyl (C=O) groups excluding carboxylic acids is 2. The SMILES string of the molecule is CCCCCCCC/C=C/CCCCCCCCCC(=O)O[C@H](COC(=O)CCCCCCCCCCCCCCCCCCCCCC)COP(=O)(O)OCCN. The Labute approximate surface area is 358 Å². The maximum atomic E-state index is 12.6. The van der Waals surface area contributed by atoms with E-state index in [0.29, 0.717) is 6.42 Å². The van der Waals surface area contributed by atoms with Crippen LogP contribution in [0.5, 0.6) is 0 Å². The van der Waals surface area contributed by atoms with Crippen molar-refractivity contribution >= 4 is 19.8 Å². The van der Waals surface area contributed by atoms with Crippen LogP contribution >= 0.6 is 7.82 Å². The van der Waals surface area contributed by atoms with E-state index in [1.165, 1.54) is 173 Å². The molecule has 0 heterocycles. The first-order chi connectivity index (χ1) is 28.3. The molecule has 0 aromatic heterocycles. The zero-order valence-corrected chi connectivity index (χ0v) is 38.9.